The molecular formula is C14H22N2O. The monoisotopic (exact) mass is 234 g/mol. The highest BCUT2D eigenvalue weighted by atomic mass is 16.5. The van der Waals surface area contributed by atoms with Gasteiger partial charge in [0.05, 0.1) is 6.61 Å². The average molecular weight is 234 g/mol. The molecule has 0 bridgehead atoms. The molecule has 3 heteroatoms. The standard InChI is InChI=1S/C14H22N2O/c1-13(12-14-6-3-2-4-7-14)16-9-11-17-10-5-8-15-16/h2-4,6-7,13,15H,5,8-12H2,1H3. The van der Waals surface area contributed by atoms with Crippen molar-refractivity contribution >= 4 is 0 Å². The number of rotatable bonds is 3. The van der Waals surface area contributed by atoms with Crippen molar-refractivity contribution in [2.24, 2.45) is 0 Å². The Bertz CT molecular complexity index is 307. The SMILES string of the molecule is CC(Cc1ccccc1)N1CCOCCCN1. The Hall–Kier alpha value is -0.900. The molecule has 1 unspecified atom stereocenters. The van der Waals surface area contributed by atoms with Crippen molar-refractivity contribution in [1.82, 2.24) is 10.4 Å². The van der Waals surface area contributed by atoms with Crippen LogP contribution < -0.4 is 5.43 Å². The molecule has 1 aliphatic heterocycles. The molecule has 1 aromatic rings. The van der Waals surface area contributed by atoms with Crippen molar-refractivity contribution in [3.63, 3.8) is 0 Å². The third-order valence-electron chi connectivity index (χ3n) is 3.16. The summed E-state index contributed by atoms with van der Waals surface area (Å²) < 4.78 is 5.52. The van der Waals surface area contributed by atoms with Gasteiger partial charge in [-0.15, -0.1) is 0 Å². The fourth-order valence-corrected chi connectivity index (χ4v) is 2.18. The molecule has 1 heterocycles. The molecule has 17 heavy (non-hydrogen) atoms. The predicted molar refractivity (Wildman–Crippen MR) is 69.8 cm³/mol. The Labute approximate surface area is 104 Å². The summed E-state index contributed by atoms with van der Waals surface area (Å²) in [5.74, 6) is 0. The lowest BCUT2D eigenvalue weighted by atomic mass is 10.1. The minimum Gasteiger partial charge on any atom is -0.380 e. The maximum Gasteiger partial charge on any atom is 0.0607 e. The van der Waals surface area contributed by atoms with Gasteiger partial charge in [-0.1, -0.05) is 30.3 Å². The van der Waals surface area contributed by atoms with Crippen molar-refractivity contribution in [2.45, 2.75) is 25.8 Å². The Kier molecular flexibility index (Phi) is 4.98. The van der Waals surface area contributed by atoms with E-state index in [1.165, 1.54) is 5.56 Å². The number of hydrogen-bond acceptors (Lipinski definition) is 3. The second kappa shape index (κ2) is 6.74. The van der Waals surface area contributed by atoms with Crippen molar-refractivity contribution in [1.29, 1.82) is 0 Å². The van der Waals surface area contributed by atoms with Gasteiger partial charge >= 0.3 is 0 Å². The van der Waals surface area contributed by atoms with Gasteiger partial charge in [0, 0.05) is 25.7 Å². The summed E-state index contributed by atoms with van der Waals surface area (Å²) in [6.45, 7) is 5.95. The van der Waals surface area contributed by atoms with Crippen LogP contribution in [0.1, 0.15) is 18.9 Å². The van der Waals surface area contributed by atoms with Crippen molar-refractivity contribution in [3.05, 3.63) is 35.9 Å². The zero-order valence-electron chi connectivity index (χ0n) is 10.6. The molecule has 3 nitrogen and oxygen atoms in total. The van der Waals surface area contributed by atoms with Crippen LogP contribution in [0.15, 0.2) is 30.3 Å². The van der Waals surface area contributed by atoms with Gasteiger partial charge in [0.2, 0.25) is 0 Å². The van der Waals surface area contributed by atoms with Crippen LogP contribution in [0.2, 0.25) is 0 Å². The average Bonchev–Trinajstić information content (AvgIpc) is 2.29. The number of benzene rings is 1. The van der Waals surface area contributed by atoms with E-state index in [1.54, 1.807) is 0 Å². The lowest BCUT2D eigenvalue weighted by Gasteiger charge is -2.31. The zero-order chi connectivity index (χ0) is 11.9. The van der Waals surface area contributed by atoms with Crippen molar-refractivity contribution in [3.8, 4) is 0 Å². The first-order valence-electron chi connectivity index (χ1n) is 6.48. The number of nitrogens with one attached hydrogen (secondary N) is 1. The Balaban J connectivity index is 1.87. The molecule has 1 aromatic carbocycles. The second-order valence-corrected chi connectivity index (χ2v) is 4.61. The van der Waals surface area contributed by atoms with Gasteiger partial charge in [0.1, 0.15) is 0 Å². The quantitative estimate of drug-likeness (QED) is 0.863. The predicted octanol–water partition coefficient (Wildman–Crippen LogP) is 1.84. The number of hydrogen-bond donors (Lipinski definition) is 1. The maximum atomic E-state index is 5.52. The Morgan fingerprint density at radius 3 is 2.94 bits per heavy atom. The van der Waals surface area contributed by atoms with E-state index in [2.05, 4.69) is 47.7 Å². The van der Waals surface area contributed by atoms with Crippen molar-refractivity contribution < 1.29 is 4.74 Å². The van der Waals surface area contributed by atoms with Gasteiger partial charge in [-0.25, -0.2) is 5.01 Å². The van der Waals surface area contributed by atoms with E-state index in [0.717, 1.165) is 39.1 Å². The van der Waals surface area contributed by atoms with Crippen LogP contribution >= 0.6 is 0 Å². The fraction of sp³-hybridized carbons (Fsp3) is 0.571. The maximum absolute atomic E-state index is 5.52. The summed E-state index contributed by atoms with van der Waals surface area (Å²) in [5.41, 5.74) is 4.89. The summed E-state index contributed by atoms with van der Waals surface area (Å²) in [6, 6.07) is 11.2. The molecule has 2 rings (SSSR count). The van der Waals surface area contributed by atoms with Gasteiger partial charge in [0.25, 0.3) is 0 Å². The summed E-state index contributed by atoms with van der Waals surface area (Å²) >= 11 is 0. The van der Waals surface area contributed by atoms with Crippen LogP contribution in [0.4, 0.5) is 0 Å². The highest BCUT2D eigenvalue weighted by molar-refractivity contribution is 5.15. The van der Waals surface area contributed by atoms with Gasteiger partial charge in [-0.2, -0.15) is 0 Å². The molecule has 1 aliphatic rings. The van der Waals surface area contributed by atoms with E-state index in [1.807, 2.05) is 0 Å². The van der Waals surface area contributed by atoms with Gasteiger partial charge < -0.3 is 4.74 Å². The smallest absolute Gasteiger partial charge is 0.0607 e. The zero-order valence-corrected chi connectivity index (χ0v) is 10.6. The summed E-state index contributed by atoms with van der Waals surface area (Å²) in [6.07, 6.45) is 2.17. The third kappa shape index (κ3) is 4.11. The molecule has 94 valence electrons. The summed E-state index contributed by atoms with van der Waals surface area (Å²) in [7, 11) is 0. The van der Waals surface area contributed by atoms with Crippen molar-refractivity contribution in [2.75, 3.05) is 26.3 Å². The van der Waals surface area contributed by atoms with Crippen LogP contribution in [0.3, 0.4) is 0 Å². The van der Waals surface area contributed by atoms with E-state index in [-0.39, 0.29) is 0 Å². The number of hydrazine groups is 1. The van der Waals surface area contributed by atoms with Crippen LogP contribution in [0, 0.1) is 0 Å². The Morgan fingerprint density at radius 1 is 1.29 bits per heavy atom. The molecule has 1 saturated heterocycles. The van der Waals surface area contributed by atoms with E-state index >= 15 is 0 Å². The highest BCUT2D eigenvalue weighted by Crippen LogP contribution is 2.07. The van der Waals surface area contributed by atoms with E-state index in [4.69, 9.17) is 4.74 Å². The molecule has 1 N–H and O–H groups in total. The van der Waals surface area contributed by atoms with E-state index < -0.39 is 0 Å². The summed E-state index contributed by atoms with van der Waals surface area (Å²) in [4.78, 5) is 0. The molecule has 0 radical (unpaired) electrons. The topological polar surface area (TPSA) is 24.5 Å². The van der Waals surface area contributed by atoms with Crippen LogP contribution in [0.5, 0.6) is 0 Å². The minimum atomic E-state index is 0.499. The van der Waals surface area contributed by atoms with Crippen LogP contribution in [0.25, 0.3) is 0 Å². The fourth-order valence-electron chi connectivity index (χ4n) is 2.18. The minimum absolute atomic E-state index is 0.499. The Morgan fingerprint density at radius 2 is 2.12 bits per heavy atom. The first kappa shape index (κ1) is 12.6. The normalized spacial score (nSPS) is 20.5. The third-order valence-corrected chi connectivity index (χ3v) is 3.16. The van der Waals surface area contributed by atoms with E-state index in [0.29, 0.717) is 6.04 Å². The van der Waals surface area contributed by atoms with Gasteiger partial charge in [-0.3, -0.25) is 5.43 Å². The molecule has 0 amide bonds. The lowest BCUT2D eigenvalue weighted by molar-refractivity contribution is 0.0366. The van der Waals surface area contributed by atoms with E-state index in [9.17, 15) is 0 Å². The molecule has 1 fully saturated rings. The summed E-state index contributed by atoms with van der Waals surface area (Å²) in [5, 5.41) is 2.31. The molecule has 0 aliphatic carbocycles. The number of ether oxygens (including phenoxy) is 1. The second-order valence-electron chi connectivity index (χ2n) is 4.61. The molecular weight excluding hydrogens is 212 g/mol. The number of nitrogens with zero attached hydrogens (tertiary/aromatic N) is 1. The molecule has 0 spiro atoms. The van der Waals surface area contributed by atoms with Crippen LogP contribution in [-0.2, 0) is 11.2 Å². The molecule has 0 aromatic heterocycles. The van der Waals surface area contributed by atoms with Gasteiger partial charge in [0.15, 0.2) is 0 Å². The van der Waals surface area contributed by atoms with Crippen LogP contribution in [-0.4, -0.2) is 37.4 Å². The first-order valence-corrected chi connectivity index (χ1v) is 6.48. The molecule has 0 saturated carbocycles. The highest BCUT2D eigenvalue weighted by Gasteiger charge is 2.14. The first-order chi connectivity index (χ1) is 8.36. The molecule has 1 atom stereocenters. The largest absolute Gasteiger partial charge is 0.380 e. The lowest BCUT2D eigenvalue weighted by Crippen LogP contribution is -2.48. The van der Waals surface area contributed by atoms with Gasteiger partial charge in [-0.05, 0) is 25.3 Å².